The standard InChI is InChI=1S/C20H29NO3/c1-24-19-12-16(7-10-18(19)22)13-20(23)21-17-8-5-15(6-9-17)11-14-3-2-4-14/h7,10,12,14-15,17,22H,2-6,8-9,11,13H2,1H3,(H,21,23). The van der Waals surface area contributed by atoms with Crippen LogP contribution in [0.3, 0.4) is 0 Å². The molecule has 3 rings (SSSR count). The fraction of sp³-hybridized carbons (Fsp3) is 0.650. The van der Waals surface area contributed by atoms with Gasteiger partial charge in [0.2, 0.25) is 5.91 Å². The van der Waals surface area contributed by atoms with Crippen LogP contribution in [0.15, 0.2) is 18.2 Å². The van der Waals surface area contributed by atoms with Gasteiger partial charge in [0.15, 0.2) is 11.5 Å². The SMILES string of the molecule is COc1cc(CC(=O)NC2CCC(CC3CCC3)CC2)ccc1O. The van der Waals surface area contributed by atoms with Gasteiger partial charge in [-0.25, -0.2) is 0 Å². The molecule has 2 aliphatic carbocycles. The predicted molar refractivity (Wildman–Crippen MR) is 94.2 cm³/mol. The number of phenolic OH excluding ortho intramolecular Hbond substituents is 1. The molecule has 0 aromatic heterocycles. The van der Waals surface area contributed by atoms with Crippen LogP contribution in [0.5, 0.6) is 11.5 Å². The molecule has 24 heavy (non-hydrogen) atoms. The average Bonchev–Trinajstić information content (AvgIpc) is 2.54. The minimum Gasteiger partial charge on any atom is -0.504 e. The van der Waals surface area contributed by atoms with Gasteiger partial charge >= 0.3 is 0 Å². The molecule has 2 saturated carbocycles. The van der Waals surface area contributed by atoms with E-state index in [0.717, 1.165) is 30.2 Å². The van der Waals surface area contributed by atoms with Gasteiger partial charge < -0.3 is 15.2 Å². The molecule has 0 bridgehead atoms. The topological polar surface area (TPSA) is 58.6 Å². The lowest BCUT2D eigenvalue weighted by Crippen LogP contribution is -2.38. The van der Waals surface area contributed by atoms with Crippen molar-refractivity contribution in [3.05, 3.63) is 23.8 Å². The molecule has 2 aliphatic rings. The highest BCUT2D eigenvalue weighted by atomic mass is 16.5. The minimum absolute atomic E-state index is 0.0604. The normalized spacial score (nSPS) is 24.2. The van der Waals surface area contributed by atoms with Gasteiger partial charge in [-0.05, 0) is 61.6 Å². The summed E-state index contributed by atoms with van der Waals surface area (Å²) in [6, 6.07) is 5.40. The number of benzene rings is 1. The Balaban J connectivity index is 1.42. The summed E-state index contributed by atoms with van der Waals surface area (Å²) < 4.78 is 5.09. The summed E-state index contributed by atoms with van der Waals surface area (Å²) in [6.07, 6.45) is 10.8. The molecule has 0 aliphatic heterocycles. The van der Waals surface area contributed by atoms with Crippen LogP contribution in [0, 0.1) is 11.8 Å². The van der Waals surface area contributed by atoms with Crippen LogP contribution in [-0.4, -0.2) is 24.2 Å². The molecule has 0 unspecified atom stereocenters. The average molecular weight is 331 g/mol. The van der Waals surface area contributed by atoms with E-state index in [2.05, 4.69) is 5.32 Å². The van der Waals surface area contributed by atoms with Gasteiger partial charge in [-0.2, -0.15) is 0 Å². The highest BCUT2D eigenvalue weighted by Gasteiger charge is 2.27. The number of aromatic hydroxyl groups is 1. The molecule has 0 spiro atoms. The zero-order valence-electron chi connectivity index (χ0n) is 14.6. The number of carbonyl (C=O) groups excluding carboxylic acids is 1. The summed E-state index contributed by atoms with van der Waals surface area (Å²) in [5, 5.41) is 12.8. The maximum absolute atomic E-state index is 12.3. The van der Waals surface area contributed by atoms with Crippen molar-refractivity contribution in [3.8, 4) is 11.5 Å². The zero-order valence-corrected chi connectivity index (χ0v) is 14.6. The summed E-state index contributed by atoms with van der Waals surface area (Å²) in [4.78, 5) is 12.3. The Morgan fingerprint density at radius 3 is 2.50 bits per heavy atom. The molecule has 4 nitrogen and oxygen atoms in total. The number of amides is 1. The zero-order chi connectivity index (χ0) is 16.9. The van der Waals surface area contributed by atoms with Crippen LogP contribution in [0.2, 0.25) is 0 Å². The van der Waals surface area contributed by atoms with Crippen LogP contribution in [0.25, 0.3) is 0 Å². The number of carbonyl (C=O) groups is 1. The van der Waals surface area contributed by atoms with Crippen LogP contribution >= 0.6 is 0 Å². The molecule has 132 valence electrons. The second-order valence-corrected chi connectivity index (χ2v) is 7.50. The third-order valence-corrected chi connectivity index (χ3v) is 5.71. The van der Waals surface area contributed by atoms with Crippen LogP contribution in [0.1, 0.15) is 56.9 Å². The number of rotatable bonds is 6. The van der Waals surface area contributed by atoms with Crippen molar-refractivity contribution in [1.29, 1.82) is 0 Å². The lowest BCUT2D eigenvalue weighted by Gasteiger charge is -2.34. The molecule has 2 N–H and O–H groups in total. The highest BCUT2D eigenvalue weighted by molar-refractivity contribution is 5.79. The van der Waals surface area contributed by atoms with E-state index in [-0.39, 0.29) is 11.7 Å². The smallest absolute Gasteiger partial charge is 0.224 e. The summed E-state index contributed by atoms with van der Waals surface area (Å²) in [5.41, 5.74) is 0.862. The van der Waals surface area contributed by atoms with Gasteiger partial charge in [0.05, 0.1) is 13.5 Å². The van der Waals surface area contributed by atoms with E-state index < -0.39 is 0 Å². The molecule has 1 amide bonds. The van der Waals surface area contributed by atoms with Crippen LogP contribution in [0.4, 0.5) is 0 Å². The summed E-state index contributed by atoms with van der Waals surface area (Å²) >= 11 is 0. The summed E-state index contributed by atoms with van der Waals surface area (Å²) in [6.45, 7) is 0. The lowest BCUT2D eigenvalue weighted by molar-refractivity contribution is -0.121. The van der Waals surface area contributed by atoms with E-state index in [4.69, 9.17) is 4.74 Å². The number of phenols is 1. The number of nitrogens with one attached hydrogen (secondary N) is 1. The second-order valence-electron chi connectivity index (χ2n) is 7.50. The molecule has 1 aromatic carbocycles. The fourth-order valence-corrected chi connectivity index (χ4v) is 4.04. The largest absolute Gasteiger partial charge is 0.504 e. The van der Waals surface area contributed by atoms with Crippen molar-refractivity contribution in [2.45, 2.75) is 63.8 Å². The van der Waals surface area contributed by atoms with E-state index in [9.17, 15) is 9.90 Å². The van der Waals surface area contributed by atoms with Gasteiger partial charge in [0.1, 0.15) is 0 Å². The van der Waals surface area contributed by atoms with Crippen LogP contribution in [-0.2, 0) is 11.2 Å². The lowest BCUT2D eigenvalue weighted by atomic mass is 9.74. The third kappa shape index (κ3) is 4.43. The Labute approximate surface area is 144 Å². The molecule has 0 saturated heterocycles. The molecule has 1 aromatic rings. The number of methoxy groups -OCH3 is 1. The van der Waals surface area contributed by atoms with Gasteiger partial charge in [-0.15, -0.1) is 0 Å². The quantitative estimate of drug-likeness (QED) is 0.833. The highest BCUT2D eigenvalue weighted by Crippen LogP contribution is 2.37. The maximum atomic E-state index is 12.3. The molecule has 0 heterocycles. The van der Waals surface area contributed by atoms with Gasteiger partial charge in [-0.3, -0.25) is 4.79 Å². The predicted octanol–water partition coefficient (Wildman–Crippen LogP) is 3.81. The molecule has 0 radical (unpaired) electrons. The van der Waals surface area contributed by atoms with Gasteiger partial charge in [0.25, 0.3) is 0 Å². The van der Waals surface area contributed by atoms with Crippen molar-refractivity contribution < 1.29 is 14.6 Å². The van der Waals surface area contributed by atoms with Crippen LogP contribution < -0.4 is 10.1 Å². The molecule has 2 fully saturated rings. The summed E-state index contributed by atoms with van der Waals surface area (Å²) in [5.74, 6) is 2.45. The van der Waals surface area contributed by atoms with E-state index >= 15 is 0 Å². The van der Waals surface area contributed by atoms with Crippen molar-refractivity contribution in [2.75, 3.05) is 7.11 Å². The molecule has 4 heteroatoms. The Morgan fingerprint density at radius 2 is 1.88 bits per heavy atom. The second kappa shape index (κ2) is 7.91. The van der Waals surface area contributed by atoms with Gasteiger partial charge in [-0.1, -0.05) is 25.3 Å². The van der Waals surface area contributed by atoms with E-state index in [1.807, 2.05) is 0 Å². The Hall–Kier alpha value is -1.71. The Kier molecular flexibility index (Phi) is 5.64. The van der Waals surface area contributed by atoms with Gasteiger partial charge in [0, 0.05) is 6.04 Å². The van der Waals surface area contributed by atoms with E-state index in [0.29, 0.717) is 18.2 Å². The number of ether oxygens (including phenoxy) is 1. The molecular weight excluding hydrogens is 302 g/mol. The first kappa shape index (κ1) is 17.1. The van der Waals surface area contributed by atoms with E-state index in [1.54, 1.807) is 18.2 Å². The first-order valence-electron chi connectivity index (χ1n) is 9.29. The Bertz CT molecular complexity index is 560. The molecular formula is C20H29NO3. The fourth-order valence-electron chi connectivity index (χ4n) is 4.04. The molecule has 0 atom stereocenters. The first-order chi connectivity index (χ1) is 11.6. The maximum Gasteiger partial charge on any atom is 0.224 e. The monoisotopic (exact) mass is 331 g/mol. The third-order valence-electron chi connectivity index (χ3n) is 5.71. The Morgan fingerprint density at radius 1 is 1.17 bits per heavy atom. The minimum atomic E-state index is 0.0604. The number of hydrogen-bond acceptors (Lipinski definition) is 3. The van der Waals surface area contributed by atoms with Crippen molar-refractivity contribution in [2.24, 2.45) is 11.8 Å². The van der Waals surface area contributed by atoms with Crippen molar-refractivity contribution in [1.82, 2.24) is 5.32 Å². The van der Waals surface area contributed by atoms with E-state index in [1.165, 1.54) is 45.6 Å². The van der Waals surface area contributed by atoms with Crippen molar-refractivity contribution >= 4 is 5.91 Å². The first-order valence-corrected chi connectivity index (χ1v) is 9.29. The summed E-state index contributed by atoms with van der Waals surface area (Å²) in [7, 11) is 1.51. The van der Waals surface area contributed by atoms with Crippen molar-refractivity contribution in [3.63, 3.8) is 0 Å². The number of hydrogen-bond donors (Lipinski definition) is 2.